The number of hydrogen-bond acceptors (Lipinski definition) is 1. The lowest BCUT2D eigenvalue weighted by Crippen LogP contribution is -1.99. The molecule has 0 unspecified atom stereocenters. The highest BCUT2D eigenvalue weighted by atomic mass is 16.4. The number of hydrogen-bond donors (Lipinski definition) is 1. The molecule has 0 fully saturated rings. The van der Waals surface area contributed by atoms with E-state index in [0.717, 1.165) is 12.0 Å². The van der Waals surface area contributed by atoms with Gasteiger partial charge in [0.2, 0.25) is 0 Å². The number of carboxylic acids is 1. The van der Waals surface area contributed by atoms with Crippen molar-refractivity contribution < 1.29 is 9.90 Å². The van der Waals surface area contributed by atoms with Crippen LogP contribution in [0.4, 0.5) is 0 Å². The van der Waals surface area contributed by atoms with Crippen LogP contribution in [0.3, 0.4) is 0 Å². The van der Waals surface area contributed by atoms with Crippen LogP contribution in [0, 0.1) is 0 Å². The van der Waals surface area contributed by atoms with E-state index in [9.17, 15) is 4.79 Å². The first-order chi connectivity index (χ1) is 10.5. The van der Waals surface area contributed by atoms with Crippen LogP contribution in [0.2, 0.25) is 0 Å². The molecule has 0 bridgehead atoms. The molecular formula is C19H19NO2. The van der Waals surface area contributed by atoms with Crippen LogP contribution in [-0.2, 0) is 6.42 Å². The number of aromatic carboxylic acids is 1. The highest BCUT2D eigenvalue weighted by molar-refractivity contribution is 5.87. The maximum absolute atomic E-state index is 11.1. The molecule has 0 atom stereocenters. The fourth-order valence-electron chi connectivity index (χ4n) is 2.80. The zero-order valence-electron chi connectivity index (χ0n) is 12.8. The molecule has 1 aromatic heterocycles. The number of fused-ring (bicyclic) bond motifs is 1. The zero-order chi connectivity index (χ0) is 15.7. The topological polar surface area (TPSA) is 42.2 Å². The van der Waals surface area contributed by atoms with Gasteiger partial charge in [0, 0.05) is 17.8 Å². The predicted molar refractivity (Wildman–Crippen MR) is 88.5 cm³/mol. The summed E-state index contributed by atoms with van der Waals surface area (Å²) < 4.78 is 2.26. The molecule has 22 heavy (non-hydrogen) atoms. The Bertz CT molecular complexity index is 830. The van der Waals surface area contributed by atoms with E-state index in [1.165, 1.54) is 16.5 Å². The van der Waals surface area contributed by atoms with E-state index >= 15 is 0 Å². The van der Waals surface area contributed by atoms with Crippen molar-refractivity contribution in [3.8, 4) is 0 Å². The molecule has 2 aromatic carbocycles. The maximum Gasteiger partial charge on any atom is 0.335 e. The van der Waals surface area contributed by atoms with E-state index in [4.69, 9.17) is 5.11 Å². The molecule has 0 spiro atoms. The zero-order valence-corrected chi connectivity index (χ0v) is 12.8. The summed E-state index contributed by atoms with van der Waals surface area (Å²) >= 11 is 0. The highest BCUT2D eigenvalue weighted by Crippen LogP contribution is 2.23. The Morgan fingerprint density at radius 1 is 1.09 bits per heavy atom. The second-order valence-electron chi connectivity index (χ2n) is 5.89. The van der Waals surface area contributed by atoms with Gasteiger partial charge >= 0.3 is 5.97 Å². The summed E-state index contributed by atoms with van der Waals surface area (Å²) in [5, 5.41) is 10.3. The first-order valence-electron chi connectivity index (χ1n) is 7.46. The van der Waals surface area contributed by atoms with Crippen molar-refractivity contribution in [3.05, 3.63) is 71.4 Å². The molecule has 0 aliphatic heterocycles. The van der Waals surface area contributed by atoms with E-state index in [1.807, 2.05) is 6.07 Å². The highest BCUT2D eigenvalue weighted by Gasteiger charge is 2.07. The third-order valence-electron chi connectivity index (χ3n) is 3.93. The lowest BCUT2D eigenvalue weighted by Gasteiger charge is -2.10. The van der Waals surface area contributed by atoms with Gasteiger partial charge in [-0.25, -0.2) is 4.79 Å². The summed E-state index contributed by atoms with van der Waals surface area (Å²) in [7, 11) is 0. The second kappa shape index (κ2) is 5.68. The number of carboxylic acid groups (broad SMARTS) is 1. The molecule has 112 valence electrons. The molecule has 1 heterocycles. The van der Waals surface area contributed by atoms with E-state index in [0.29, 0.717) is 11.6 Å². The molecule has 3 rings (SSSR count). The van der Waals surface area contributed by atoms with Crippen molar-refractivity contribution in [1.82, 2.24) is 4.57 Å². The summed E-state index contributed by atoms with van der Waals surface area (Å²) in [5.74, 6) is -0.883. The molecule has 0 saturated carbocycles. The van der Waals surface area contributed by atoms with Crippen LogP contribution in [-0.4, -0.2) is 15.6 Å². The Morgan fingerprint density at radius 3 is 2.59 bits per heavy atom. The van der Waals surface area contributed by atoms with E-state index in [-0.39, 0.29) is 0 Å². The van der Waals surface area contributed by atoms with E-state index in [2.05, 4.69) is 48.9 Å². The Morgan fingerprint density at radius 2 is 1.86 bits per heavy atom. The Balaban J connectivity index is 1.95. The fourth-order valence-corrected chi connectivity index (χ4v) is 2.80. The first kappa shape index (κ1) is 14.4. The molecular weight excluding hydrogens is 274 g/mol. The van der Waals surface area contributed by atoms with Crippen LogP contribution >= 0.6 is 0 Å². The van der Waals surface area contributed by atoms with Gasteiger partial charge in [-0.1, -0.05) is 24.3 Å². The van der Waals surface area contributed by atoms with Gasteiger partial charge in [0.15, 0.2) is 0 Å². The number of carbonyl (C=O) groups is 1. The lowest BCUT2D eigenvalue weighted by atomic mass is 10.0. The fraction of sp³-hybridized carbons (Fsp3) is 0.211. The van der Waals surface area contributed by atoms with Gasteiger partial charge < -0.3 is 9.67 Å². The average molecular weight is 293 g/mol. The van der Waals surface area contributed by atoms with Crippen molar-refractivity contribution in [2.24, 2.45) is 0 Å². The minimum Gasteiger partial charge on any atom is -0.478 e. The molecule has 3 nitrogen and oxygen atoms in total. The Kier molecular flexibility index (Phi) is 3.72. The molecule has 0 radical (unpaired) electrons. The molecule has 1 N–H and O–H groups in total. The third kappa shape index (κ3) is 2.75. The third-order valence-corrected chi connectivity index (χ3v) is 3.93. The molecule has 0 amide bonds. The van der Waals surface area contributed by atoms with Crippen molar-refractivity contribution in [2.45, 2.75) is 26.3 Å². The number of nitrogens with zero attached hydrogens (tertiary/aromatic N) is 1. The summed E-state index contributed by atoms with van der Waals surface area (Å²) in [6, 6.07) is 16.1. The van der Waals surface area contributed by atoms with Gasteiger partial charge in [-0.05, 0) is 61.0 Å². The van der Waals surface area contributed by atoms with Crippen molar-refractivity contribution in [2.75, 3.05) is 0 Å². The SMILES string of the molecule is CC(C)n1ccc2ccc(Cc3cccc(C(=O)O)c3)cc21. The Hall–Kier alpha value is -2.55. The smallest absolute Gasteiger partial charge is 0.335 e. The van der Waals surface area contributed by atoms with Gasteiger partial charge in [-0.15, -0.1) is 0 Å². The maximum atomic E-state index is 11.1. The monoisotopic (exact) mass is 293 g/mol. The van der Waals surface area contributed by atoms with Crippen LogP contribution in [0.1, 0.15) is 41.4 Å². The molecule has 3 heteroatoms. The van der Waals surface area contributed by atoms with Crippen LogP contribution in [0.25, 0.3) is 10.9 Å². The van der Waals surface area contributed by atoms with Gasteiger partial charge in [-0.2, -0.15) is 0 Å². The van der Waals surface area contributed by atoms with Crippen LogP contribution in [0.5, 0.6) is 0 Å². The molecule has 0 aliphatic carbocycles. The van der Waals surface area contributed by atoms with E-state index < -0.39 is 5.97 Å². The number of aromatic nitrogens is 1. The second-order valence-corrected chi connectivity index (χ2v) is 5.89. The molecule has 0 saturated heterocycles. The summed E-state index contributed by atoms with van der Waals surface area (Å²) in [4.78, 5) is 11.1. The first-order valence-corrected chi connectivity index (χ1v) is 7.46. The summed E-state index contributed by atoms with van der Waals surface area (Å²) in [6.07, 6.45) is 2.85. The largest absolute Gasteiger partial charge is 0.478 e. The van der Waals surface area contributed by atoms with Gasteiger partial charge in [0.1, 0.15) is 0 Å². The standard InChI is InChI=1S/C19H19NO2/c1-13(2)20-9-8-16-7-6-15(12-18(16)20)10-14-4-3-5-17(11-14)19(21)22/h3-9,11-13H,10H2,1-2H3,(H,21,22). The molecule has 0 aliphatic rings. The summed E-state index contributed by atoms with van der Waals surface area (Å²) in [5.41, 5.74) is 3.77. The lowest BCUT2D eigenvalue weighted by molar-refractivity contribution is 0.0697. The van der Waals surface area contributed by atoms with Gasteiger partial charge in [-0.3, -0.25) is 0 Å². The number of rotatable bonds is 4. The van der Waals surface area contributed by atoms with Crippen molar-refractivity contribution in [3.63, 3.8) is 0 Å². The van der Waals surface area contributed by atoms with Crippen molar-refractivity contribution >= 4 is 16.9 Å². The molecule has 3 aromatic rings. The number of benzene rings is 2. The Labute approximate surface area is 129 Å². The quantitative estimate of drug-likeness (QED) is 0.769. The van der Waals surface area contributed by atoms with Crippen LogP contribution in [0.15, 0.2) is 54.7 Å². The minimum absolute atomic E-state index is 0.337. The predicted octanol–water partition coefficient (Wildman–Crippen LogP) is 4.51. The van der Waals surface area contributed by atoms with Gasteiger partial charge in [0.25, 0.3) is 0 Å². The van der Waals surface area contributed by atoms with Crippen LogP contribution < -0.4 is 0 Å². The summed E-state index contributed by atoms with van der Waals surface area (Å²) in [6.45, 7) is 4.34. The van der Waals surface area contributed by atoms with E-state index in [1.54, 1.807) is 18.2 Å². The average Bonchev–Trinajstić information content (AvgIpc) is 2.91. The normalized spacial score (nSPS) is 11.2. The van der Waals surface area contributed by atoms with Crippen molar-refractivity contribution in [1.29, 1.82) is 0 Å². The minimum atomic E-state index is -0.883. The van der Waals surface area contributed by atoms with Gasteiger partial charge in [0.05, 0.1) is 5.56 Å².